The molecule has 0 amide bonds. The lowest BCUT2D eigenvalue weighted by atomic mass is 10.1. The van der Waals surface area contributed by atoms with Gasteiger partial charge in [-0.2, -0.15) is 0 Å². The van der Waals surface area contributed by atoms with Gasteiger partial charge in [0, 0.05) is 53.0 Å². The van der Waals surface area contributed by atoms with E-state index < -0.39 is 0 Å². The fourth-order valence-corrected chi connectivity index (χ4v) is 4.61. The van der Waals surface area contributed by atoms with Gasteiger partial charge >= 0.3 is 0 Å². The van der Waals surface area contributed by atoms with E-state index in [1.165, 1.54) is 9.35 Å². The van der Waals surface area contributed by atoms with Gasteiger partial charge in [-0.15, -0.1) is 11.3 Å². The van der Waals surface area contributed by atoms with Crippen LogP contribution in [-0.2, 0) is 6.54 Å². The summed E-state index contributed by atoms with van der Waals surface area (Å²) in [6, 6.07) is 3.35. The van der Waals surface area contributed by atoms with Crippen molar-refractivity contribution in [3.05, 3.63) is 20.8 Å². The van der Waals surface area contributed by atoms with E-state index in [9.17, 15) is 5.11 Å². The molecule has 1 aromatic rings. The first-order valence-electron chi connectivity index (χ1n) is 6.51. The van der Waals surface area contributed by atoms with Crippen LogP contribution in [0.3, 0.4) is 0 Å². The van der Waals surface area contributed by atoms with Crippen LogP contribution in [0.15, 0.2) is 15.9 Å². The summed E-state index contributed by atoms with van der Waals surface area (Å²) in [6.07, 6.45) is 0.829. The van der Waals surface area contributed by atoms with E-state index in [1.807, 2.05) is 11.3 Å². The minimum absolute atomic E-state index is 0.113. The van der Waals surface area contributed by atoms with Crippen molar-refractivity contribution in [2.24, 2.45) is 0 Å². The first-order chi connectivity index (χ1) is 8.61. The summed E-state index contributed by atoms with van der Waals surface area (Å²) in [5.74, 6) is 0. The minimum atomic E-state index is -0.113. The fraction of sp³-hybridized carbons (Fsp3) is 0.692. The standard InChI is InChI=1S/C13H19BrN2OS/c1-9-4-16-6-12(17)3-11(16)5-15(9)7-13-2-10(14)8-18-13/h2,8-9,11-12,17H,3-7H2,1H3/t9-,11+,12-/m1/s1. The topological polar surface area (TPSA) is 26.7 Å². The second-order valence-electron chi connectivity index (χ2n) is 5.51. The Kier molecular flexibility index (Phi) is 3.78. The van der Waals surface area contributed by atoms with E-state index in [0.717, 1.165) is 32.6 Å². The van der Waals surface area contributed by atoms with Crippen molar-refractivity contribution in [2.45, 2.75) is 38.1 Å². The second-order valence-corrected chi connectivity index (χ2v) is 7.42. The number of aliphatic hydroxyl groups excluding tert-OH is 1. The number of fused-ring (bicyclic) bond motifs is 1. The quantitative estimate of drug-likeness (QED) is 0.900. The molecular formula is C13H19BrN2OS. The molecule has 2 saturated heterocycles. The highest BCUT2D eigenvalue weighted by atomic mass is 79.9. The predicted octanol–water partition coefficient (Wildman–Crippen LogP) is 2.15. The van der Waals surface area contributed by atoms with Crippen molar-refractivity contribution in [3.63, 3.8) is 0 Å². The van der Waals surface area contributed by atoms with Crippen LogP contribution >= 0.6 is 27.3 Å². The molecule has 0 bridgehead atoms. The van der Waals surface area contributed by atoms with Crippen LogP contribution in [0.5, 0.6) is 0 Å². The normalized spacial score (nSPS) is 33.8. The Hall–Kier alpha value is 0.0600. The Labute approximate surface area is 121 Å². The molecule has 3 atom stereocenters. The number of aliphatic hydroxyl groups is 1. The zero-order valence-electron chi connectivity index (χ0n) is 10.6. The summed E-state index contributed by atoms with van der Waals surface area (Å²) in [4.78, 5) is 6.42. The Morgan fingerprint density at radius 3 is 3.00 bits per heavy atom. The third-order valence-electron chi connectivity index (χ3n) is 4.05. The van der Waals surface area contributed by atoms with Gasteiger partial charge in [-0.25, -0.2) is 0 Å². The van der Waals surface area contributed by atoms with Crippen LogP contribution < -0.4 is 0 Å². The van der Waals surface area contributed by atoms with E-state index in [0.29, 0.717) is 12.1 Å². The first kappa shape index (κ1) is 13.1. The highest BCUT2D eigenvalue weighted by Crippen LogP contribution is 2.28. The predicted molar refractivity (Wildman–Crippen MR) is 77.9 cm³/mol. The van der Waals surface area contributed by atoms with Crippen molar-refractivity contribution in [1.82, 2.24) is 9.80 Å². The molecule has 2 fully saturated rings. The summed E-state index contributed by atoms with van der Waals surface area (Å²) < 4.78 is 1.19. The minimum Gasteiger partial charge on any atom is -0.392 e. The molecule has 1 aromatic heterocycles. The molecule has 100 valence electrons. The molecule has 2 aliphatic heterocycles. The molecule has 0 saturated carbocycles. The van der Waals surface area contributed by atoms with E-state index in [1.54, 1.807) is 0 Å². The number of piperazine rings is 1. The van der Waals surface area contributed by atoms with E-state index in [2.05, 4.69) is 44.1 Å². The number of nitrogens with zero attached hydrogens (tertiary/aromatic N) is 2. The molecule has 18 heavy (non-hydrogen) atoms. The molecule has 1 N–H and O–H groups in total. The maximum absolute atomic E-state index is 9.76. The molecule has 0 aromatic carbocycles. The molecule has 0 spiro atoms. The number of hydrogen-bond donors (Lipinski definition) is 1. The smallest absolute Gasteiger partial charge is 0.0682 e. The number of halogens is 1. The third-order valence-corrected chi connectivity index (χ3v) is 5.74. The second kappa shape index (κ2) is 5.21. The van der Waals surface area contributed by atoms with Crippen LogP contribution in [0.2, 0.25) is 0 Å². The maximum atomic E-state index is 9.76. The average Bonchev–Trinajstić information content (AvgIpc) is 2.85. The zero-order chi connectivity index (χ0) is 12.7. The van der Waals surface area contributed by atoms with E-state index >= 15 is 0 Å². The molecule has 2 aliphatic rings. The van der Waals surface area contributed by atoms with Crippen molar-refractivity contribution >= 4 is 27.3 Å². The Morgan fingerprint density at radius 1 is 1.44 bits per heavy atom. The molecule has 3 rings (SSSR count). The molecular weight excluding hydrogens is 312 g/mol. The van der Waals surface area contributed by atoms with Gasteiger partial charge in [0.05, 0.1) is 6.10 Å². The van der Waals surface area contributed by atoms with Crippen LogP contribution in [-0.4, -0.2) is 52.7 Å². The van der Waals surface area contributed by atoms with Gasteiger partial charge < -0.3 is 5.11 Å². The number of rotatable bonds is 2. The fourth-order valence-electron chi connectivity index (χ4n) is 3.13. The highest BCUT2D eigenvalue weighted by Gasteiger charge is 2.37. The van der Waals surface area contributed by atoms with E-state index in [4.69, 9.17) is 0 Å². The lowest BCUT2D eigenvalue weighted by Crippen LogP contribution is -2.54. The molecule has 0 aliphatic carbocycles. The Bertz CT molecular complexity index is 425. The summed E-state index contributed by atoms with van der Waals surface area (Å²) in [5, 5.41) is 11.9. The van der Waals surface area contributed by atoms with Gasteiger partial charge in [0.25, 0.3) is 0 Å². The largest absolute Gasteiger partial charge is 0.392 e. The monoisotopic (exact) mass is 330 g/mol. The number of thiophene rings is 1. The molecule has 3 nitrogen and oxygen atoms in total. The summed E-state index contributed by atoms with van der Waals surface area (Å²) in [5.41, 5.74) is 0. The van der Waals surface area contributed by atoms with Gasteiger partial charge in [-0.1, -0.05) is 0 Å². The average molecular weight is 331 g/mol. The number of hydrogen-bond acceptors (Lipinski definition) is 4. The van der Waals surface area contributed by atoms with Crippen molar-refractivity contribution < 1.29 is 5.11 Å². The molecule has 5 heteroatoms. The maximum Gasteiger partial charge on any atom is 0.0682 e. The highest BCUT2D eigenvalue weighted by molar-refractivity contribution is 9.10. The summed E-state index contributed by atoms with van der Waals surface area (Å²) in [7, 11) is 0. The SMILES string of the molecule is C[C@@H]1CN2C[C@H](O)C[C@H]2CN1Cc1cc(Br)cs1. The molecule has 3 heterocycles. The lowest BCUT2D eigenvalue weighted by Gasteiger charge is -2.42. The van der Waals surface area contributed by atoms with Crippen molar-refractivity contribution in [1.29, 1.82) is 0 Å². The summed E-state index contributed by atoms with van der Waals surface area (Å²) >= 11 is 5.34. The summed E-state index contributed by atoms with van der Waals surface area (Å²) in [6.45, 7) is 6.39. The van der Waals surface area contributed by atoms with Gasteiger partial charge in [-0.3, -0.25) is 9.80 Å². The zero-order valence-corrected chi connectivity index (χ0v) is 13.0. The van der Waals surface area contributed by atoms with Gasteiger partial charge in [0.1, 0.15) is 0 Å². The van der Waals surface area contributed by atoms with Gasteiger partial charge in [-0.05, 0) is 35.3 Å². The van der Waals surface area contributed by atoms with E-state index in [-0.39, 0.29) is 6.10 Å². The molecule has 0 unspecified atom stereocenters. The van der Waals surface area contributed by atoms with Crippen LogP contribution in [0, 0.1) is 0 Å². The van der Waals surface area contributed by atoms with Crippen molar-refractivity contribution in [2.75, 3.05) is 19.6 Å². The van der Waals surface area contributed by atoms with Crippen molar-refractivity contribution in [3.8, 4) is 0 Å². The van der Waals surface area contributed by atoms with Gasteiger partial charge in [0.15, 0.2) is 0 Å². The Balaban J connectivity index is 1.66. The lowest BCUT2D eigenvalue weighted by molar-refractivity contribution is 0.0535. The first-order valence-corrected chi connectivity index (χ1v) is 8.18. The van der Waals surface area contributed by atoms with Crippen LogP contribution in [0.1, 0.15) is 18.2 Å². The van der Waals surface area contributed by atoms with Crippen LogP contribution in [0.25, 0.3) is 0 Å². The van der Waals surface area contributed by atoms with Crippen LogP contribution in [0.4, 0.5) is 0 Å². The van der Waals surface area contributed by atoms with Gasteiger partial charge in [0.2, 0.25) is 0 Å². The Morgan fingerprint density at radius 2 is 2.28 bits per heavy atom. The third kappa shape index (κ3) is 2.65. The molecule has 0 radical (unpaired) electrons.